The fraction of sp³-hybridized carbons (Fsp3) is 0.222. The first-order valence-corrected chi connectivity index (χ1v) is 10.2. The molecule has 0 aliphatic rings. The lowest BCUT2D eigenvalue weighted by Crippen LogP contribution is -2.35. The molecular formula is C18H19N5O3S2. The van der Waals surface area contributed by atoms with Gasteiger partial charge in [-0.1, -0.05) is 40.8 Å². The van der Waals surface area contributed by atoms with Crippen LogP contribution in [0.15, 0.2) is 45.4 Å². The number of imide groups is 1. The van der Waals surface area contributed by atoms with Gasteiger partial charge in [-0.3, -0.25) is 10.1 Å². The highest BCUT2D eigenvalue weighted by Gasteiger charge is 2.12. The molecule has 3 aromatic rings. The van der Waals surface area contributed by atoms with Crippen LogP contribution in [0.2, 0.25) is 0 Å². The Morgan fingerprint density at radius 2 is 2.07 bits per heavy atom. The zero-order valence-corrected chi connectivity index (χ0v) is 16.9. The number of hydrogen-bond donors (Lipinski definition) is 3. The van der Waals surface area contributed by atoms with Crippen molar-refractivity contribution in [2.45, 2.75) is 24.7 Å². The van der Waals surface area contributed by atoms with Gasteiger partial charge < -0.3 is 15.1 Å². The Bertz CT molecular complexity index is 956. The molecule has 3 rings (SSSR count). The molecule has 0 saturated carbocycles. The van der Waals surface area contributed by atoms with E-state index in [1.54, 1.807) is 6.26 Å². The number of nitrogens with zero attached hydrogens (tertiary/aromatic N) is 2. The molecule has 0 aliphatic heterocycles. The van der Waals surface area contributed by atoms with Gasteiger partial charge in [0, 0.05) is 5.69 Å². The first-order chi connectivity index (χ1) is 13.5. The van der Waals surface area contributed by atoms with Gasteiger partial charge in [-0.05, 0) is 37.6 Å². The third-order valence-electron chi connectivity index (χ3n) is 3.61. The topological polar surface area (TPSA) is 109 Å². The number of benzene rings is 1. The highest BCUT2D eigenvalue weighted by atomic mass is 32.2. The van der Waals surface area contributed by atoms with E-state index >= 15 is 0 Å². The number of thioether (sulfide) groups is 1. The largest absolute Gasteiger partial charge is 0.467 e. The van der Waals surface area contributed by atoms with E-state index in [0.29, 0.717) is 21.7 Å². The minimum Gasteiger partial charge on any atom is -0.467 e. The van der Waals surface area contributed by atoms with Gasteiger partial charge >= 0.3 is 6.03 Å². The summed E-state index contributed by atoms with van der Waals surface area (Å²) in [6.45, 7) is 4.38. The van der Waals surface area contributed by atoms with Gasteiger partial charge in [-0.25, -0.2) is 4.79 Å². The van der Waals surface area contributed by atoms with E-state index in [0.717, 1.165) is 16.9 Å². The normalized spacial score (nSPS) is 10.5. The van der Waals surface area contributed by atoms with Crippen LogP contribution >= 0.6 is 23.1 Å². The van der Waals surface area contributed by atoms with Gasteiger partial charge in [0.15, 0.2) is 4.34 Å². The van der Waals surface area contributed by atoms with Crippen molar-refractivity contribution in [2.75, 3.05) is 16.4 Å². The number of furan rings is 1. The van der Waals surface area contributed by atoms with Crippen LogP contribution in [0.25, 0.3) is 0 Å². The average Bonchev–Trinajstić information content (AvgIpc) is 3.32. The molecule has 0 fully saturated rings. The number of carbonyl (C=O) groups is 2. The lowest BCUT2D eigenvalue weighted by molar-refractivity contribution is -0.117. The first-order valence-electron chi connectivity index (χ1n) is 8.40. The van der Waals surface area contributed by atoms with E-state index in [1.165, 1.54) is 23.1 Å². The summed E-state index contributed by atoms with van der Waals surface area (Å²) in [4.78, 5) is 24.0. The minimum atomic E-state index is -0.560. The quantitative estimate of drug-likeness (QED) is 0.502. The number of hydrogen-bond acceptors (Lipinski definition) is 8. The molecule has 3 amide bonds. The number of urea groups is 1. The molecule has 0 radical (unpaired) electrons. The van der Waals surface area contributed by atoms with Crippen molar-refractivity contribution in [2.24, 2.45) is 0 Å². The maximum Gasteiger partial charge on any atom is 0.325 e. The zero-order valence-electron chi connectivity index (χ0n) is 15.3. The molecule has 0 spiro atoms. The summed E-state index contributed by atoms with van der Waals surface area (Å²) >= 11 is 2.54. The fourth-order valence-electron chi connectivity index (χ4n) is 2.31. The molecule has 28 heavy (non-hydrogen) atoms. The molecule has 2 aromatic heterocycles. The molecule has 0 atom stereocenters. The number of aromatic nitrogens is 2. The van der Waals surface area contributed by atoms with Gasteiger partial charge in [-0.2, -0.15) is 0 Å². The molecule has 10 heteroatoms. The second kappa shape index (κ2) is 9.38. The Morgan fingerprint density at radius 3 is 2.82 bits per heavy atom. The highest BCUT2D eigenvalue weighted by molar-refractivity contribution is 8.01. The number of carbonyl (C=O) groups excluding carboxylic acids is 2. The van der Waals surface area contributed by atoms with E-state index < -0.39 is 11.9 Å². The van der Waals surface area contributed by atoms with Gasteiger partial charge in [0.2, 0.25) is 11.0 Å². The minimum absolute atomic E-state index is 0.0626. The Morgan fingerprint density at radius 1 is 1.21 bits per heavy atom. The van der Waals surface area contributed by atoms with Crippen LogP contribution in [-0.4, -0.2) is 27.9 Å². The van der Waals surface area contributed by atoms with Crippen molar-refractivity contribution in [1.29, 1.82) is 0 Å². The second-order valence-corrected chi connectivity index (χ2v) is 8.12. The van der Waals surface area contributed by atoms with Crippen molar-refractivity contribution < 1.29 is 14.0 Å². The number of amides is 3. The molecule has 146 valence electrons. The zero-order chi connectivity index (χ0) is 19.9. The Kier molecular flexibility index (Phi) is 6.66. The second-order valence-electron chi connectivity index (χ2n) is 5.92. The number of rotatable bonds is 7. The predicted octanol–water partition coefficient (Wildman–Crippen LogP) is 3.80. The maximum atomic E-state index is 12.0. The van der Waals surface area contributed by atoms with Gasteiger partial charge in [-0.15, -0.1) is 10.2 Å². The molecule has 0 aliphatic carbocycles. The Labute approximate surface area is 170 Å². The average molecular weight is 418 g/mol. The predicted molar refractivity (Wildman–Crippen MR) is 110 cm³/mol. The molecule has 3 N–H and O–H groups in total. The lowest BCUT2D eigenvalue weighted by atomic mass is 10.1. The van der Waals surface area contributed by atoms with Crippen LogP contribution in [-0.2, 0) is 11.3 Å². The third kappa shape index (κ3) is 5.83. The summed E-state index contributed by atoms with van der Waals surface area (Å²) in [6, 6.07) is 8.77. The molecule has 0 unspecified atom stereocenters. The Hall–Kier alpha value is -2.85. The van der Waals surface area contributed by atoms with E-state index in [2.05, 4.69) is 26.1 Å². The van der Waals surface area contributed by atoms with Crippen LogP contribution in [0, 0.1) is 13.8 Å². The molecule has 0 saturated heterocycles. The van der Waals surface area contributed by atoms with E-state index in [-0.39, 0.29) is 5.75 Å². The molecule has 0 bridgehead atoms. The third-order valence-corrected chi connectivity index (χ3v) is 5.62. The molecular weight excluding hydrogens is 398 g/mol. The number of aryl methyl sites for hydroxylation is 2. The summed E-state index contributed by atoms with van der Waals surface area (Å²) in [7, 11) is 0. The molecule has 1 aromatic carbocycles. The summed E-state index contributed by atoms with van der Waals surface area (Å²) in [6.07, 6.45) is 1.60. The first kappa shape index (κ1) is 19.9. The number of anilines is 2. The molecule has 2 heterocycles. The van der Waals surface area contributed by atoms with Gasteiger partial charge in [0.25, 0.3) is 0 Å². The van der Waals surface area contributed by atoms with Crippen molar-refractivity contribution >= 4 is 45.9 Å². The lowest BCUT2D eigenvalue weighted by Gasteiger charge is -2.09. The summed E-state index contributed by atoms with van der Waals surface area (Å²) in [5, 5.41) is 16.7. The van der Waals surface area contributed by atoms with Gasteiger partial charge in [0.05, 0.1) is 18.6 Å². The summed E-state index contributed by atoms with van der Waals surface area (Å²) < 4.78 is 5.86. The molecule has 8 nitrogen and oxygen atoms in total. The fourth-order valence-corrected chi connectivity index (χ4v) is 3.86. The smallest absolute Gasteiger partial charge is 0.325 e. The van der Waals surface area contributed by atoms with Crippen molar-refractivity contribution in [3.63, 3.8) is 0 Å². The SMILES string of the molecule is Cc1ccc(NC(=O)NC(=O)CSc2nnc(NCc3ccco3)s2)c(C)c1. The van der Waals surface area contributed by atoms with Gasteiger partial charge in [0.1, 0.15) is 5.76 Å². The van der Waals surface area contributed by atoms with Crippen LogP contribution in [0.1, 0.15) is 16.9 Å². The van der Waals surface area contributed by atoms with Crippen LogP contribution < -0.4 is 16.0 Å². The maximum absolute atomic E-state index is 12.0. The van der Waals surface area contributed by atoms with E-state index in [1.807, 2.05) is 44.2 Å². The van der Waals surface area contributed by atoms with Crippen LogP contribution in [0.5, 0.6) is 0 Å². The highest BCUT2D eigenvalue weighted by Crippen LogP contribution is 2.25. The monoisotopic (exact) mass is 417 g/mol. The van der Waals surface area contributed by atoms with Crippen molar-refractivity contribution in [3.8, 4) is 0 Å². The summed E-state index contributed by atoms with van der Waals surface area (Å²) in [5.41, 5.74) is 2.70. The van der Waals surface area contributed by atoms with Crippen LogP contribution in [0.3, 0.4) is 0 Å². The standard InChI is InChI=1S/C18H19N5O3S2/c1-11-5-6-14(12(2)8-11)20-16(25)21-15(24)10-27-18-23-22-17(28-18)19-9-13-4-3-7-26-13/h3-8H,9-10H2,1-2H3,(H,19,22)(H2,20,21,24,25). The van der Waals surface area contributed by atoms with Crippen LogP contribution in [0.4, 0.5) is 15.6 Å². The summed E-state index contributed by atoms with van der Waals surface area (Å²) in [5.74, 6) is 0.443. The Balaban J connectivity index is 1.42. The van der Waals surface area contributed by atoms with Crippen molar-refractivity contribution in [1.82, 2.24) is 15.5 Å². The van der Waals surface area contributed by atoms with E-state index in [9.17, 15) is 9.59 Å². The van der Waals surface area contributed by atoms with E-state index in [4.69, 9.17) is 4.42 Å². The van der Waals surface area contributed by atoms with Crippen molar-refractivity contribution in [3.05, 3.63) is 53.5 Å². The number of nitrogens with one attached hydrogen (secondary N) is 3.